The average Bonchev–Trinajstić information content (AvgIpc) is 3.50. The molecule has 210 valence electrons. The van der Waals surface area contributed by atoms with E-state index in [-0.39, 0.29) is 17.4 Å². The molecule has 1 aliphatic heterocycles. The van der Waals surface area contributed by atoms with Gasteiger partial charge in [-0.2, -0.15) is 8.42 Å². The fraction of sp³-hybridized carbons (Fsp3) is 0.619. The number of nitrogens with two attached hydrogens (primary N) is 1. The lowest BCUT2D eigenvalue weighted by Gasteiger charge is -2.37. The number of carbonyl (C=O) groups is 4. The Bertz CT molecular complexity index is 1240. The molecule has 1 aliphatic carbocycles. The molecule has 17 heteroatoms. The number of amides is 2. The van der Waals surface area contributed by atoms with E-state index in [2.05, 4.69) is 15.5 Å². The summed E-state index contributed by atoms with van der Waals surface area (Å²) in [5.74, 6) is -3.84. The Labute approximate surface area is 222 Å². The van der Waals surface area contributed by atoms with Crippen molar-refractivity contribution in [2.75, 3.05) is 25.5 Å². The number of esters is 1. The van der Waals surface area contributed by atoms with Gasteiger partial charge in [-0.25, -0.2) is 14.1 Å². The van der Waals surface area contributed by atoms with E-state index in [9.17, 15) is 32.7 Å². The molecule has 1 aromatic rings. The minimum Gasteiger partial charge on any atom is -0.478 e. The lowest BCUT2D eigenvalue weighted by atomic mass is 9.87. The summed E-state index contributed by atoms with van der Waals surface area (Å²) in [6.07, 6.45) is 2.22. The van der Waals surface area contributed by atoms with Crippen LogP contribution in [0.1, 0.15) is 52.1 Å². The zero-order valence-corrected chi connectivity index (χ0v) is 22.6. The highest BCUT2D eigenvalue weighted by molar-refractivity contribution is 7.85. The van der Waals surface area contributed by atoms with Gasteiger partial charge in [0.05, 0.1) is 25.2 Å². The fourth-order valence-corrected chi connectivity index (χ4v) is 5.45. The Balaban J connectivity index is 1.67. The molecule has 3 rings (SSSR count). The summed E-state index contributed by atoms with van der Waals surface area (Å²) in [6, 6.07) is -1.25. The number of nitrogens with zero attached hydrogens (tertiary/aromatic N) is 3. The topological polar surface area (TPSA) is 217 Å². The van der Waals surface area contributed by atoms with Crippen molar-refractivity contribution in [3.8, 4) is 0 Å². The van der Waals surface area contributed by atoms with Crippen LogP contribution in [0.5, 0.6) is 0 Å². The SMILES string of the molecule is CCOC(=O)C1(COS(=O)(=O)N2C[C@H](NC(=O)/C(=N/OC(C)(C)C(=O)O)c3csc(N)n3)C2=O)CCCC1. The van der Waals surface area contributed by atoms with Crippen LogP contribution in [0.15, 0.2) is 10.5 Å². The lowest BCUT2D eigenvalue weighted by Crippen LogP contribution is -2.66. The molecule has 1 saturated heterocycles. The molecule has 2 fully saturated rings. The van der Waals surface area contributed by atoms with E-state index >= 15 is 0 Å². The van der Waals surface area contributed by atoms with E-state index < -0.39 is 70.0 Å². The molecule has 2 heterocycles. The minimum atomic E-state index is -4.55. The summed E-state index contributed by atoms with van der Waals surface area (Å²) in [5.41, 5.74) is 2.22. The van der Waals surface area contributed by atoms with Crippen LogP contribution in [0.3, 0.4) is 0 Å². The van der Waals surface area contributed by atoms with Crippen molar-refractivity contribution in [1.82, 2.24) is 14.6 Å². The van der Waals surface area contributed by atoms with Crippen LogP contribution in [-0.4, -0.2) is 83.7 Å². The summed E-state index contributed by atoms with van der Waals surface area (Å²) in [6.45, 7) is 3.29. The second-order valence-corrected chi connectivity index (χ2v) is 11.7. The maximum atomic E-state index is 12.9. The van der Waals surface area contributed by atoms with Crippen molar-refractivity contribution in [2.45, 2.75) is 58.1 Å². The van der Waals surface area contributed by atoms with Crippen molar-refractivity contribution in [3.63, 3.8) is 0 Å². The van der Waals surface area contributed by atoms with Gasteiger partial charge in [-0.1, -0.05) is 18.0 Å². The number of hydrogen-bond donors (Lipinski definition) is 3. The van der Waals surface area contributed by atoms with Crippen LogP contribution in [0.2, 0.25) is 0 Å². The first kappa shape index (κ1) is 29.2. The van der Waals surface area contributed by atoms with Crippen molar-refractivity contribution in [3.05, 3.63) is 11.1 Å². The Kier molecular flexibility index (Phi) is 8.62. The normalized spacial score (nSPS) is 19.6. The summed E-state index contributed by atoms with van der Waals surface area (Å²) in [4.78, 5) is 58.1. The van der Waals surface area contributed by atoms with Crippen LogP contribution in [0, 0.1) is 5.41 Å². The molecule has 0 bridgehead atoms. The minimum absolute atomic E-state index is 0.0356. The zero-order valence-electron chi connectivity index (χ0n) is 21.0. The Morgan fingerprint density at radius 3 is 2.53 bits per heavy atom. The van der Waals surface area contributed by atoms with Gasteiger partial charge in [0.15, 0.2) is 10.8 Å². The van der Waals surface area contributed by atoms with E-state index in [1.807, 2.05) is 0 Å². The number of ether oxygens (including phenoxy) is 1. The smallest absolute Gasteiger partial charge is 0.364 e. The summed E-state index contributed by atoms with van der Waals surface area (Å²) in [5, 5.41) is 16.6. The second-order valence-electron chi connectivity index (χ2n) is 9.24. The highest BCUT2D eigenvalue weighted by atomic mass is 32.2. The molecular weight excluding hydrogens is 546 g/mol. The number of anilines is 1. The van der Waals surface area contributed by atoms with Crippen LogP contribution >= 0.6 is 11.3 Å². The van der Waals surface area contributed by atoms with E-state index in [1.54, 1.807) is 6.92 Å². The molecule has 2 amide bonds. The number of carboxylic acid groups (broad SMARTS) is 1. The van der Waals surface area contributed by atoms with Gasteiger partial charge in [0.25, 0.3) is 11.8 Å². The highest BCUT2D eigenvalue weighted by Gasteiger charge is 2.49. The molecule has 0 aromatic carbocycles. The van der Waals surface area contributed by atoms with Crippen LogP contribution < -0.4 is 11.1 Å². The van der Waals surface area contributed by atoms with E-state index in [0.29, 0.717) is 30.0 Å². The molecule has 0 unspecified atom stereocenters. The Morgan fingerprint density at radius 1 is 1.34 bits per heavy atom. The fourth-order valence-electron chi connectivity index (χ4n) is 3.72. The van der Waals surface area contributed by atoms with E-state index in [0.717, 1.165) is 11.3 Å². The number of nitrogen functional groups attached to an aromatic ring is 1. The highest BCUT2D eigenvalue weighted by Crippen LogP contribution is 2.40. The lowest BCUT2D eigenvalue weighted by molar-refractivity contribution is -0.161. The number of hydrogen-bond acceptors (Lipinski definition) is 13. The first-order valence-electron chi connectivity index (χ1n) is 11.6. The quantitative estimate of drug-likeness (QED) is 0.130. The zero-order chi connectivity index (χ0) is 28.3. The molecule has 1 saturated carbocycles. The van der Waals surface area contributed by atoms with Gasteiger partial charge in [0.1, 0.15) is 11.7 Å². The van der Waals surface area contributed by atoms with Gasteiger partial charge in [-0.05, 0) is 33.6 Å². The maximum absolute atomic E-state index is 12.9. The first-order chi connectivity index (χ1) is 17.7. The van der Waals surface area contributed by atoms with Crippen molar-refractivity contribution < 1.29 is 46.5 Å². The third-order valence-electron chi connectivity index (χ3n) is 6.08. The maximum Gasteiger partial charge on any atom is 0.364 e. The monoisotopic (exact) mass is 575 g/mol. The largest absolute Gasteiger partial charge is 0.478 e. The molecule has 0 spiro atoms. The molecule has 1 atom stereocenters. The number of rotatable bonds is 12. The van der Waals surface area contributed by atoms with Crippen molar-refractivity contribution in [1.29, 1.82) is 0 Å². The number of thiazole rings is 1. The summed E-state index contributed by atoms with van der Waals surface area (Å²) < 4.78 is 35.9. The average molecular weight is 576 g/mol. The summed E-state index contributed by atoms with van der Waals surface area (Å²) in [7, 11) is -4.55. The number of β-lactam (4-membered cyclic amide) rings is 1. The van der Waals surface area contributed by atoms with Crippen LogP contribution in [0.4, 0.5) is 5.13 Å². The predicted molar refractivity (Wildman–Crippen MR) is 132 cm³/mol. The van der Waals surface area contributed by atoms with Gasteiger partial charge in [0, 0.05) is 5.38 Å². The standard InChI is InChI=1S/C21H29N5O10S2/c1-4-34-18(31)21(7-5-6-8-21)11-35-38(32,33)26-9-12(16(26)28)23-15(27)14(13-10-37-19(22)24-13)25-36-20(2,3)17(29)30/h10,12H,4-9,11H2,1-3H3,(H2,22,24)(H,23,27)(H,29,30)/b25-14+/t12-/m0/s1. The number of aliphatic carboxylic acids is 1. The number of oxime groups is 1. The van der Waals surface area contributed by atoms with Gasteiger partial charge < -0.3 is 25.7 Å². The Hall–Kier alpha value is -3.31. The molecule has 38 heavy (non-hydrogen) atoms. The van der Waals surface area contributed by atoms with Crippen LogP contribution in [0.25, 0.3) is 0 Å². The molecule has 4 N–H and O–H groups in total. The van der Waals surface area contributed by atoms with Gasteiger partial charge in [-0.3, -0.25) is 18.6 Å². The van der Waals surface area contributed by atoms with E-state index in [1.165, 1.54) is 19.2 Å². The van der Waals surface area contributed by atoms with E-state index in [4.69, 9.17) is 19.5 Å². The van der Waals surface area contributed by atoms with Crippen LogP contribution in [-0.2, 0) is 43.2 Å². The summed E-state index contributed by atoms with van der Waals surface area (Å²) >= 11 is 0.983. The third-order valence-corrected chi connectivity index (χ3v) is 8.04. The predicted octanol–water partition coefficient (Wildman–Crippen LogP) is 0.0211. The Morgan fingerprint density at radius 2 is 2.00 bits per heavy atom. The number of carboxylic acids is 1. The molecule has 0 radical (unpaired) electrons. The van der Waals surface area contributed by atoms with Gasteiger partial charge in [-0.15, -0.1) is 11.3 Å². The molecule has 2 aliphatic rings. The van der Waals surface area contributed by atoms with Crippen molar-refractivity contribution >= 4 is 56.2 Å². The first-order valence-corrected chi connectivity index (χ1v) is 13.9. The number of nitrogens with one attached hydrogen (secondary N) is 1. The van der Waals surface area contributed by atoms with Gasteiger partial charge >= 0.3 is 22.2 Å². The number of aromatic nitrogens is 1. The molecule has 1 aromatic heterocycles. The second kappa shape index (κ2) is 11.2. The van der Waals surface area contributed by atoms with Gasteiger partial charge in [0.2, 0.25) is 5.60 Å². The third kappa shape index (κ3) is 6.21. The van der Waals surface area contributed by atoms with Crippen molar-refractivity contribution in [2.24, 2.45) is 10.6 Å². The molecule has 15 nitrogen and oxygen atoms in total. The molecular formula is C21H29N5O10S2. The number of carbonyl (C=O) groups excluding carboxylic acids is 3.